The van der Waals surface area contributed by atoms with E-state index in [4.69, 9.17) is 5.73 Å². The van der Waals surface area contributed by atoms with E-state index in [1.807, 2.05) is 31.2 Å². The van der Waals surface area contributed by atoms with Crippen molar-refractivity contribution in [2.24, 2.45) is 5.73 Å². The van der Waals surface area contributed by atoms with Crippen LogP contribution in [-0.4, -0.2) is 6.67 Å². The lowest BCUT2D eigenvalue weighted by Gasteiger charge is -2.06. The standard InChI is InChI=1S/C11H16FN/c1-9(13)11-6-4-10(5-7-11)3-2-8-12/h4-7,9H,2-3,8,13H2,1H3. The van der Waals surface area contributed by atoms with E-state index < -0.39 is 0 Å². The molecule has 13 heavy (non-hydrogen) atoms. The van der Waals surface area contributed by atoms with Crippen molar-refractivity contribution in [3.8, 4) is 0 Å². The molecular formula is C11H16FN. The van der Waals surface area contributed by atoms with Crippen molar-refractivity contribution in [1.29, 1.82) is 0 Å². The van der Waals surface area contributed by atoms with Crippen LogP contribution in [0.2, 0.25) is 0 Å². The Bertz CT molecular complexity index is 241. The second-order valence-electron chi connectivity index (χ2n) is 3.32. The van der Waals surface area contributed by atoms with Gasteiger partial charge in [0.1, 0.15) is 0 Å². The van der Waals surface area contributed by atoms with Crippen molar-refractivity contribution < 1.29 is 4.39 Å². The minimum Gasteiger partial charge on any atom is -0.324 e. The Morgan fingerprint density at radius 3 is 2.38 bits per heavy atom. The van der Waals surface area contributed by atoms with Gasteiger partial charge in [0, 0.05) is 6.04 Å². The first kappa shape index (κ1) is 10.2. The zero-order valence-corrected chi connectivity index (χ0v) is 7.96. The van der Waals surface area contributed by atoms with Gasteiger partial charge in [0.15, 0.2) is 0 Å². The smallest absolute Gasteiger partial charge is 0.0897 e. The molecule has 1 atom stereocenters. The van der Waals surface area contributed by atoms with Crippen LogP contribution >= 0.6 is 0 Å². The Morgan fingerprint density at radius 1 is 1.31 bits per heavy atom. The summed E-state index contributed by atoms with van der Waals surface area (Å²) in [5.41, 5.74) is 8.02. The van der Waals surface area contributed by atoms with Crippen LogP contribution in [-0.2, 0) is 6.42 Å². The monoisotopic (exact) mass is 181 g/mol. The average molecular weight is 181 g/mol. The molecule has 0 bridgehead atoms. The van der Waals surface area contributed by atoms with Crippen LogP contribution in [0, 0.1) is 0 Å². The van der Waals surface area contributed by atoms with Crippen LogP contribution in [0.5, 0.6) is 0 Å². The summed E-state index contributed by atoms with van der Waals surface area (Å²) in [5.74, 6) is 0. The van der Waals surface area contributed by atoms with Crippen molar-refractivity contribution in [1.82, 2.24) is 0 Å². The first-order chi connectivity index (χ1) is 6.24. The van der Waals surface area contributed by atoms with Crippen molar-refractivity contribution in [2.45, 2.75) is 25.8 Å². The fourth-order valence-corrected chi connectivity index (χ4v) is 1.26. The fourth-order valence-electron chi connectivity index (χ4n) is 1.26. The van der Waals surface area contributed by atoms with E-state index in [1.54, 1.807) is 0 Å². The molecule has 0 saturated carbocycles. The van der Waals surface area contributed by atoms with Crippen LogP contribution in [0.4, 0.5) is 4.39 Å². The summed E-state index contributed by atoms with van der Waals surface area (Å²) >= 11 is 0. The number of halogens is 1. The highest BCUT2D eigenvalue weighted by Gasteiger charge is 1.98. The number of benzene rings is 1. The molecule has 0 aliphatic carbocycles. The molecule has 0 radical (unpaired) electrons. The number of rotatable bonds is 4. The zero-order valence-electron chi connectivity index (χ0n) is 7.96. The highest BCUT2D eigenvalue weighted by atomic mass is 19.1. The van der Waals surface area contributed by atoms with Crippen LogP contribution in [0.3, 0.4) is 0 Å². The van der Waals surface area contributed by atoms with Crippen molar-refractivity contribution in [3.63, 3.8) is 0 Å². The number of hydrogen-bond donors (Lipinski definition) is 1. The Morgan fingerprint density at radius 2 is 1.92 bits per heavy atom. The predicted molar refractivity (Wildman–Crippen MR) is 53.3 cm³/mol. The van der Waals surface area contributed by atoms with Crippen molar-refractivity contribution in [3.05, 3.63) is 35.4 Å². The number of hydrogen-bond acceptors (Lipinski definition) is 1. The maximum absolute atomic E-state index is 11.9. The molecule has 0 saturated heterocycles. The molecule has 0 aliphatic heterocycles. The summed E-state index contributed by atoms with van der Waals surface area (Å²) in [6.07, 6.45) is 1.42. The van der Waals surface area contributed by atoms with E-state index in [1.165, 1.54) is 5.56 Å². The van der Waals surface area contributed by atoms with Gasteiger partial charge in [0.2, 0.25) is 0 Å². The zero-order chi connectivity index (χ0) is 9.68. The number of nitrogens with two attached hydrogens (primary N) is 1. The molecule has 0 spiro atoms. The quantitative estimate of drug-likeness (QED) is 0.759. The molecular weight excluding hydrogens is 165 g/mol. The molecule has 0 fully saturated rings. The van der Waals surface area contributed by atoms with Gasteiger partial charge < -0.3 is 5.73 Å². The van der Waals surface area contributed by atoms with Gasteiger partial charge in [-0.25, -0.2) is 0 Å². The lowest BCUT2D eigenvalue weighted by molar-refractivity contribution is 0.473. The molecule has 0 heterocycles. The van der Waals surface area contributed by atoms with Gasteiger partial charge in [-0.05, 0) is 30.9 Å². The minimum atomic E-state index is -0.241. The molecule has 72 valence electrons. The maximum Gasteiger partial charge on any atom is 0.0897 e. The van der Waals surface area contributed by atoms with Crippen LogP contribution in [0.1, 0.15) is 30.5 Å². The third-order valence-electron chi connectivity index (χ3n) is 2.10. The second-order valence-corrected chi connectivity index (χ2v) is 3.32. The lowest BCUT2D eigenvalue weighted by Crippen LogP contribution is -2.04. The summed E-state index contributed by atoms with van der Waals surface area (Å²) in [7, 11) is 0. The topological polar surface area (TPSA) is 26.0 Å². The predicted octanol–water partition coefficient (Wildman–Crippen LogP) is 2.61. The molecule has 1 nitrogen and oxygen atoms in total. The Kier molecular flexibility index (Phi) is 3.90. The molecule has 1 aromatic rings. The molecule has 1 rings (SSSR count). The normalized spacial score (nSPS) is 12.8. The maximum atomic E-state index is 11.9. The summed E-state index contributed by atoms with van der Waals surface area (Å²) in [6.45, 7) is 1.71. The van der Waals surface area contributed by atoms with Gasteiger partial charge in [-0.1, -0.05) is 24.3 Å². The highest BCUT2D eigenvalue weighted by molar-refractivity contribution is 5.24. The molecule has 0 amide bonds. The van der Waals surface area contributed by atoms with E-state index in [2.05, 4.69) is 0 Å². The SMILES string of the molecule is CC(N)c1ccc(CCCF)cc1. The molecule has 2 N–H and O–H groups in total. The second kappa shape index (κ2) is 4.97. The average Bonchev–Trinajstić information content (AvgIpc) is 2.15. The molecule has 0 aromatic heterocycles. The third-order valence-corrected chi connectivity index (χ3v) is 2.10. The fraction of sp³-hybridized carbons (Fsp3) is 0.455. The Labute approximate surface area is 78.8 Å². The first-order valence-electron chi connectivity index (χ1n) is 4.64. The molecule has 0 aliphatic rings. The molecule has 1 aromatic carbocycles. The number of alkyl halides is 1. The van der Waals surface area contributed by atoms with Gasteiger partial charge in [-0.2, -0.15) is 0 Å². The summed E-state index contributed by atoms with van der Waals surface area (Å²) in [4.78, 5) is 0. The molecule has 2 heteroatoms. The van der Waals surface area contributed by atoms with E-state index in [9.17, 15) is 4.39 Å². The Balaban J connectivity index is 2.59. The van der Waals surface area contributed by atoms with Gasteiger partial charge >= 0.3 is 0 Å². The van der Waals surface area contributed by atoms with Crippen LogP contribution in [0.25, 0.3) is 0 Å². The van der Waals surface area contributed by atoms with Crippen molar-refractivity contribution in [2.75, 3.05) is 6.67 Å². The Hall–Kier alpha value is -0.890. The third kappa shape index (κ3) is 3.15. The lowest BCUT2D eigenvalue weighted by atomic mass is 10.0. The number of aryl methyl sites for hydroxylation is 1. The van der Waals surface area contributed by atoms with Crippen LogP contribution in [0.15, 0.2) is 24.3 Å². The summed E-state index contributed by atoms with van der Waals surface area (Å²) in [5, 5.41) is 0. The van der Waals surface area contributed by atoms with Crippen LogP contribution < -0.4 is 5.73 Å². The van der Waals surface area contributed by atoms with Gasteiger partial charge in [-0.15, -0.1) is 0 Å². The van der Waals surface area contributed by atoms with E-state index in [-0.39, 0.29) is 12.7 Å². The van der Waals surface area contributed by atoms with Gasteiger partial charge in [-0.3, -0.25) is 4.39 Å². The molecule has 1 unspecified atom stereocenters. The van der Waals surface area contributed by atoms with Gasteiger partial charge in [0.25, 0.3) is 0 Å². The highest BCUT2D eigenvalue weighted by Crippen LogP contribution is 2.11. The van der Waals surface area contributed by atoms with Gasteiger partial charge in [0.05, 0.1) is 6.67 Å². The van der Waals surface area contributed by atoms with Crippen molar-refractivity contribution >= 4 is 0 Å². The largest absolute Gasteiger partial charge is 0.324 e. The van der Waals surface area contributed by atoms with E-state index in [0.717, 1.165) is 12.0 Å². The summed E-state index contributed by atoms with van der Waals surface area (Å²) in [6, 6.07) is 8.15. The van der Waals surface area contributed by atoms with E-state index in [0.29, 0.717) is 6.42 Å². The van der Waals surface area contributed by atoms with E-state index >= 15 is 0 Å². The summed E-state index contributed by atoms with van der Waals surface area (Å²) < 4.78 is 11.9. The first-order valence-corrected chi connectivity index (χ1v) is 4.64. The minimum absolute atomic E-state index is 0.0789.